The Hall–Kier alpha value is -3.76. The average molecular weight is 487 g/mol. The van der Waals surface area contributed by atoms with Crippen molar-refractivity contribution in [3.63, 3.8) is 0 Å². The third-order valence-electron chi connectivity index (χ3n) is 4.56. The van der Waals surface area contributed by atoms with Gasteiger partial charge >= 0.3 is 6.03 Å². The van der Waals surface area contributed by atoms with E-state index < -0.39 is 22.9 Å². The molecule has 1 atom stereocenters. The first kappa shape index (κ1) is 23.9. The molecule has 33 heavy (non-hydrogen) atoms. The molecule has 1 unspecified atom stereocenters. The van der Waals surface area contributed by atoms with Crippen LogP contribution in [0.15, 0.2) is 72.8 Å². The number of thiol groups is 1. The minimum Gasteiger partial charge on any atom is -0.495 e. The third kappa shape index (κ3) is 5.93. The Kier molecular flexibility index (Phi) is 7.75. The molecule has 0 aliphatic rings. The first-order valence-corrected chi connectivity index (χ1v) is 10.3. The number of anilines is 2. The Morgan fingerprint density at radius 2 is 1.73 bits per heavy atom. The lowest BCUT2D eigenvalue weighted by molar-refractivity contribution is -0.384. The van der Waals surface area contributed by atoms with Gasteiger partial charge in [-0.25, -0.2) is 4.79 Å². The van der Waals surface area contributed by atoms with Crippen molar-refractivity contribution in [3.05, 3.63) is 93.5 Å². The summed E-state index contributed by atoms with van der Waals surface area (Å²) in [5.41, 5.74) is 0.797. The molecule has 170 valence electrons. The maximum absolute atomic E-state index is 13.1. The van der Waals surface area contributed by atoms with Gasteiger partial charge in [-0.15, -0.1) is 0 Å². The van der Waals surface area contributed by atoms with Gasteiger partial charge in [0.25, 0.3) is 11.6 Å². The zero-order chi connectivity index (χ0) is 24.0. The summed E-state index contributed by atoms with van der Waals surface area (Å²) in [4.78, 5) is 36.6. The lowest BCUT2D eigenvalue weighted by Crippen LogP contribution is -2.38. The summed E-state index contributed by atoms with van der Waals surface area (Å²) in [5, 5.41) is 16.9. The van der Waals surface area contributed by atoms with Crippen LogP contribution < -0.4 is 15.4 Å². The number of benzene rings is 3. The fourth-order valence-corrected chi connectivity index (χ4v) is 3.39. The number of hydrogen-bond acceptors (Lipinski definition) is 6. The first-order chi connectivity index (χ1) is 15.8. The van der Waals surface area contributed by atoms with Crippen molar-refractivity contribution in [1.29, 1.82) is 0 Å². The number of halogens is 1. The van der Waals surface area contributed by atoms with Crippen LogP contribution in [0.1, 0.15) is 11.6 Å². The van der Waals surface area contributed by atoms with E-state index in [2.05, 4.69) is 23.4 Å². The van der Waals surface area contributed by atoms with E-state index in [1.54, 1.807) is 54.6 Å². The van der Waals surface area contributed by atoms with Gasteiger partial charge in [-0.2, -0.15) is 0 Å². The van der Waals surface area contributed by atoms with E-state index in [1.165, 1.54) is 19.2 Å². The van der Waals surface area contributed by atoms with Crippen molar-refractivity contribution in [1.82, 2.24) is 4.31 Å². The molecule has 0 aliphatic heterocycles. The summed E-state index contributed by atoms with van der Waals surface area (Å²) < 4.78 is 6.07. The fraction of sp³-hybridized carbons (Fsp3) is 0.0909. The Morgan fingerprint density at radius 1 is 1.06 bits per heavy atom. The fourth-order valence-electron chi connectivity index (χ4n) is 2.98. The van der Waals surface area contributed by atoms with Crippen LogP contribution in [-0.4, -0.2) is 28.3 Å². The van der Waals surface area contributed by atoms with Gasteiger partial charge in [-0.3, -0.25) is 19.2 Å². The molecule has 0 spiro atoms. The number of nitrogens with one attached hydrogen (secondary N) is 2. The molecule has 3 aromatic carbocycles. The quantitative estimate of drug-likeness (QED) is 0.238. The van der Waals surface area contributed by atoms with Gasteiger partial charge in [0.2, 0.25) is 0 Å². The molecule has 9 nitrogen and oxygen atoms in total. The molecular weight excluding hydrogens is 468 g/mol. The van der Waals surface area contributed by atoms with Crippen LogP contribution in [0.25, 0.3) is 0 Å². The Labute approximate surface area is 200 Å². The number of methoxy groups -OCH3 is 1. The minimum atomic E-state index is -1.13. The molecule has 11 heteroatoms. The van der Waals surface area contributed by atoms with Crippen LogP contribution >= 0.6 is 24.4 Å². The third-order valence-corrected chi connectivity index (χ3v) is 5.23. The molecular formula is C22H19ClN4O5S. The van der Waals surface area contributed by atoms with E-state index in [0.717, 1.165) is 10.4 Å². The average Bonchev–Trinajstić information content (AvgIpc) is 2.81. The van der Waals surface area contributed by atoms with Crippen molar-refractivity contribution in [2.45, 2.75) is 6.04 Å². The highest BCUT2D eigenvalue weighted by molar-refractivity contribution is 7.78. The normalized spacial score (nSPS) is 11.2. The van der Waals surface area contributed by atoms with Crippen molar-refractivity contribution in [2.75, 3.05) is 17.7 Å². The van der Waals surface area contributed by atoms with Crippen molar-refractivity contribution < 1.29 is 19.2 Å². The molecule has 0 saturated carbocycles. The number of urea groups is 1. The smallest absolute Gasteiger partial charge is 0.332 e. The SMILES string of the molecule is COc1ccc([N+](=O)[O-])cc1NC(=O)N(S)C(C(=O)Nc1ccc(Cl)cc1)c1ccccc1. The Morgan fingerprint density at radius 3 is 2.33 bits per heavy atom. The van der Waals surface area contributed by atoms with Gasteiger partial charge < -0.3 is 15.4 Å². The van der Waals surface area contributed by atoms with Crippen molar-refractivity contribution in [3.8, 4) is 5.75 Å². The summed E-state index contributed by atoms with van der Waals surface area (Å²) in [6.45, 7) is 0. The lowest BCUT2D eigenvalue weighted by Gasteiger charge is -2.26. The zero-order valence-electron chi connectivity index (χ0n) is 17.3. The van der Waals surface area contributed by atoms with Gasteiger partial charge in [0.1, 0.15) is 11.8 Å². The van der Waals surface area contributed by atoms with E-state index in [9.17, 15) is 19.7 Å². The molecule has 0 bridgehead atoms. The molecule has 0 aliphatic carbocycles. The van der Waals surface area contributed by atoms with Crippen LogP contribution in [0.3, 0.4) is 0 Å². The van der Waals surface area contributed by atoms with Crippen LogP contribution in [-0.2, 0) is 4.79 Å². The van der Waals surface area contributed by atoms with E-state index in [0.29, 0.717) is 16.3 Å². The second-order valence-corrected chi connectivity index (χ2v) is 7.59. The summed E-state index contributed by atoms with van der Waals surface area (Å²) in [5.74, 6) is -0.322. The van der Waals surface area contributed by atoms with Crippen LogP contribution in [0.2, 0.25) is 5.02 Å². The number of nitro benzene ring substituents is 1. The van der Waals surface area contributed by atoms with Crippen LogP contribution in [0.4, 0.5) is 21.9 Å². The Bertz CT molecular complexity index is 1160. The molecule has 0 heterocycles. The van der Waals surface area contributed by atoms with Gasteiger partial charge in [-0.05, 0) is 35.9 Å². The molecule has 0 fully saturated rings. The highest BCUT2D eigenvalue weighted by atomic mass is 35.5. The predicted octanol–water partition coefficient (Wildman–Crippen LogP) is 5.32. The maximum atomic E-state index is 13.1. The topological polar surface area (TPSA) is 114 Å². The summed E-state index contributed by atoms with van der Waals surface area (Å²) in [7, 11) is 1.36. The van der Waals surface area contributed by atoms with Gasteiger partial charge in [-0.1, -0.05) is 54.7 Å². The number of carbonyl (C=O) groups is 2. The molecule has 3 aromatic rings. The summed E-state index contributed by atoms with van der Waals surface area (Å²) in [6, 6.07) is 16.9. The monoisotopic (exact) mass is 486 g/mol. The van der Waals surface area contributed by atoms with Gasteiger partial charge in [0.15, 0.2) is 0 Å². The minimum absolute atomic E-state index is 0.0562. The number of nitrogens with zero attached hydrogens (tertiary/aromatic N) is 2. The second kappa shape index (κ2) is 10.7. The number of nitro groups is 1. The van der Waals surface area contributed by atoms with Crippen molar-refractivity contribution in [2.24, 2.45) is 0 Å². The number of ether oxygens (including phenoxy) is 1. The highest BCUT2D eigenvalue weighted by Gasteiger charge is 2.30. The highest BCUT2D eigenvalue weighted by Crippen LogP contribution is 2.31. The number of carbonyl (C=O) groups excluding carboxylic acids is 2. The second-order valence-electron chi connectivity index (χ2n) is 6.73. The molecule has 3 amide bonds. The molecule has 0 saturated heterocycles. The van der Waals surface area contributed by atoms with Crippen LogP contribution in [0.5, 0.6) is 5.75 Å². The van der Waals surface area contributed by atoms with Crippen LogP contribution in [0, 0.1) is 10.1 Å². The maximum Gasteiger partial charge on any atom is 0.332 e. The van der Waals surface area contributed by atoms with Crippen molar-refractivity contribution >= 4 is 53.4 Å². The first-order valence-electron chi connectivity index (χ1n) is 9.53. The lowest BCUT2D eigenvalue weighted by atomic mass is 10.1. The largest absolute Gasteiger partial charge is 0.495 e. The number of non-ortho nitro benzene ring substituents is 1. The number of rotatable bonds is 7. The molecule has 0 radical (unpaired) electrons. The van der Waals surface area contributed by atoms with Gasteiger partial charge in [0, 0.05) is 22.8 Å². The standard InChI is InChI=1S/C22H19ClN4O5S/c1-32-19-12-11-17(27(30)31)13-18(19)25-22(29)26(33)20(14-5-3-2-4-6-14)21(28)24-16-9-7-15(23)8-10-16/h2-13,20,33H,1H3,(H,24,28)(H,25,29). The molecule has 2 N–H and O–H groups in total. The predicted molar refractivity (Wildman–Crippen MR) is 129 cm³/mol. The van der Waals surface area contributed by atoms with E-state index in [4.69, 9.17) is 16.3 Å². The van der Waals surface area contributed by atoms with E-state index >= 15 is 0 Å². The number of hydrogen-bond donors (Lipinski definition) is 3. The summed E-state index contributed by atoms with van der Waals surface area (Å²) >= 11 is 10.2. The number of amides is 3. The van der Waals surface area contributed by atoms with Gasteiger partial charge in [0.05, 0.1) is 17.7 Å². The molecule has 0 aromatic heterocycles. The van der Waals surface area contributed by atoms with E-state index in [1.807, 2.05) is 0 Å². The Balaban J connectivity index is 1.88. The molecule has 3 rings (SSSR count). The zero-order valence-corrected chi connectivity index (χ0v) is 18.9. The van der Waals surface area contributed by atoms with E-state index in [-0.39, 0.29) is 17.1 Å². The summed E-state index contributed by atoms with van der Waals surface area (Å²) in [6.07, 6.45) is 0.